The Bertz CT molecular complexity index is 611. The third-order valence-corrected chi connectivity index (χ3v) is 3.36. The van der Waals surface area contributed by atoms with Crippen LogP contribution in [0.1, 0.15) is 11.1 Å². The molecule has 0 N–H and O–H groups in total. The molecular weight excluding hydrogens is 254 g/mol. The van der Waals surface area contributed by atoms with Gasteiger partial charge in [0.15, 0.2) is 0 Å². The van der Waals surface area contributed by atoms with E-state index in [9.17, 15) is 0 Å². The number of nitrogens with zero attached hydrogens (tertiary/aromatic N) is 1. The summed E-state index contributed by atoms with van der Waals surface area (Å²) in [6.45, 7) is 0. The molecule has 3 heteroatoms. The van der Waals surface area contributed by atoms with Gasteiger partial charge < -0.3 is 4.74 Å². The maximum atomic E-state index is 8.82. The Hall–Kier alpha value is -2.18. The monoisotopic (exact) mass is 267 g/mol. The number of benzene rings is 2. The summed E-state index contributed by atoms with van der Waals surface area (Å²) in [5, 5.41) is 10.8. The number of methoxy groups -OCH3 is 1. The molecule has 0 aliphatic carbocycles. The average molecular weight is 267 g/mol. The topological polar surface area (TPSA) is 33.0 Å². The molecule has 0 saturated carbocycles. The first kappa shape index (κ1) is 13.3. The molecule has 2 nitrogen and oxygen atoms in total. The van der Waals surface area contributed by atoms with Crippen LogP contribution in [0.2, 0.25) is 0 Å². The first-order valence-electron chi connectivity index (χ1n) is 5.79. The van der Waals surface area contributed by atoms with Crippen LogP contribution in [-0.4, -0.2) is 7.11 Å². The molecule has 2 aromatic rings. The molecule has 2 aromatic carbocycles. The van der Waals surface area contributed by atoms with E-state index in [1.807, 2.05) is 53.9 Å². The largest absolute Gasteiger partial charge is 0.497 e. The highest BCUT2D eigenvalue weighted by Gasteiger charge is 1.93. The molecule has 0 heterocycles. The minimum absolute atomic E-state index is 0.677. The summed E-state index contributed by atoms with van der Waals surface area (Å²) in [4.78, 5) is 1.15. The van der Waals surface area contributed by atoms with Crippen LogP contribution >= 0.6 is 11.8 Å². The summed E-state index contributed by atoms with van der Waals surface area (Å²) in [6, 6.07) is 17.6. The molecule has 0 unspecified atom stereocenters. The molecular formula is C16H13NOS. The van der Waals surface area contributed by atoms with E-state index in [-0.39, 0.29) is 0 Å². The summed E-state index contributed by atoms with van der Waals surface area (Å²) in [5.41, 5.74) is 1.71. The summed E-state index contributed by atoms with van der Waals surface area (Å²) >= 11 is 1.63. The number of nitriles is 1. The predicted octanol–water partition coefficient (Wildman–Crippen LogP) is 4.33. The van der Waals surface area contributed by atoms with Crippen molar-refractivity contribution in [1.82, 2.24) is 0 Å². The minimum atomic E-state index is 0.677. The smallest absolute Gasteiger partial charge is 0.118 e. The molecule has 0 fully saturated rings. The van der Waals surface area contributed by atoms with E-state index < -0.39 is 0 Å². The number of hydrogen-bond acceptors (Lipinski definition) is 3. The Morgan fingerprint density at radius 1 is 1.16 bits per heavy atom. The van der Waals surface area contributed by atoms with Crippen LogP contribution in [0, 0.1) is 11.3 Å². The molecule has 0 aliphatic heterocycles. The minimum Gasteiger partial charge on any atom is -0.497 e. The lowest BCUT2D eigenvalue weighted by Gasteiger charge is -2.00. The zero-order valence-electron chi connectivity index (χ0n) is 10.5. The highest BCUT2D eigenvalue weighted by atomic mass is 32.2. The van der Waals surface area contributed by atoms with Crippen LogP contribution in [0.5, 0.6) is 5.75 Å². The van der Waals surface area contributed by atoms with Crippen LogP contribution in [0.25, 0.3) is 6.08 Å². The predicted molar refractivity (Wildman–Crippen MR) is 79.0 cm³/mol. The quantitative estimate of drug-likeness (QED) is 0.773. The van der Waals surface area contributed by atoms with Gasteiger partial charge in [0.2, 0.25) is 0 Å². The van der Waals surface area contributed by atoms with E-state index in [1.54, 1.807) is 24.9 Å². The van der Waals surface area contributed by atoms with Crippen molar-refractivity contribution in [1.29, 1.82) is 5.26 Å². The Morgan fingerprint density at radius 2 is 1.95 bits per heavy atom. The van der Waals surface area contributed by atoms with Gasteiger partial charge in [0.1, 0.15) is 5.75 Å². The Labute approximate surface area is 117 Å². The van der Waals surface area contributed by atoms with Crippen molar-refractivity contribution >= 4 is 17.8 Å². The lowest BCUT2D eigenvalue weighted by Crippen LogP contribution is -1.80. The first-order valence-corrected chi connectivity index (χ1v) is 6.67. The van der Waals surface area contributed by atoms with Crippen LogP contribution in [-0.2, 0) is 0 Å². The number of thioether (sulfide) groups is 1. The van der Waals surface area contributed by atoms with Gasteiger partial charge in [0, 0.05) is 4.90 Å². The van der Waals surface area contributed by atoms with Crippen molar-refractivity contribution in [3.8, 4) is 11.8 Å². The fourth-order valence-electron chi connectivity index (χ4n) is 1.56. The Balaban J connectivity index is 2.00. The van der Waals surface area contributed by atoms with Gasteiger partial charge in [-0.2, -0.15) is 5.26 Å². The van der Waals surface area contributed by atoms with Gasteiger partial charge in [-0.15, -0.1) is 0 Å². The standard InChI is InChI=1S/C16H13NOS/c1-18-15-5-7-16(8-6-15)19-10-9-13-3-2-4-14(11-13)12-17/h2-11H,1H3/b10-9+. The zero-order chi connectivity index (χ0) is 13.5. The average Bonchev–Trinajstić information content (AvgIpc) is 2.48. The molecule has 0 radical (unpaired) electrons. The van der Waals surface area contributed by atoms with Gasteiger partial charge in [-0.25, -0.2) is 0 Å². The number of rotatable bonds is 4. The van der Waals surface area contributed by atoms with Crippen molar-refractivity contribution < 1.29 is 4.74 Å². The maximum Gasteiger partial charge on any atom is 0.118 e. The highest BCUT2D eigenvalue weighted by Crippen LogP contribution is 2.23. The summed E-state index contributed by atoms with van der Waals surface area (Å²) in [5.74, 6) is 0.857. The van der Waals surface area contributed by atoms with Crippen LogP contribution < -0.4 is 4.74 Å². The van der Waals surface area contributed by atoms with Gasteiger partial charge in [0.05, 0.1) is 18.7 Å². The van der Waals surface area contributed by atoms with E-state index in [4.69, 9.17) is 10.00 Å². The van der Waals surface area contributed by atoms with E-state index in [2.05, 4.69) is 6.07 Å². The Morgan fingerprint density at radius 3 is 2.63 bits per heavy atom. The van der Waals surface area contributed by atoms with Gasteiger partial charge in [-0.3, -0.25) is 0 Å². The van der Waals surface area contributed by atoms with Gasteiger partial charge in [-0.05, 0) is 53.4 Å². The van der Waals surface area contributed by atoms with Crippen molar-refractivity contribution in [2.75, 3.05) is 7.11 Å². The summed E-state index contributed by atoms with van der Waals surface area (Å²) in [7, 11) is 1.66. The molecule has 94 valence electrons. The van der Waals surface area contributed by atoms with E-state index in [0.29, 0.717) is 5.56 Å². The summed E-state index contributed by atoms with van der Waals surface area (Å²) < 4.78 is 5.11. The van der Waals surface area contributed by atoms with E-state index >= 15 is 0 Å². The van der Waals surface area contributed by atoms with Crippen LogP contribution in [0.15, 0.2) is 58.8 Å². The second-order valence-corrected chi connectivity index (χ2v) is 4.81. The number of hydrogen-bond donors (Lipinski definition) is 0. The molecule has 0 aromatic heterocycles. The molecule has 2 rings (SSSR count). The van der Waals surface area contributed by atoms with Gasteiger partial charge in [0.25, 0.3) is 0 Å². The second kappa shape index (κ2) is 6.67. The maximum absolute atomic E-state index is 8.82. The second-order valence-electron chi connectivity index (χ2n) is 3.83. The lowest BCUT2D eigenvalue weighted by molar-refractivity contribution is 0.414. The third-order valence-electron chi connectivity index (χ3n) is 2.54. The first-order chi connectivity index (χ1) is 9.31. The molecule has 0 atom stereocenters. The highest BCUT2D eigenvalue weighted by molar-refractivity contribution is 8.02. The van der Waals surface area contributed by atoms with Crippen molar-refractivity contribution in [3.63, 3.8) is 0 Å². The van der Waals surface area contributed by atoms with Crippen molar-refractivity contribution in [2.45, 2.75) is 4.90 Å². The lowest BCUT2D eigenvalue weighted by atomic mass is 10.1. The third kappa shape index (κ3) is 3.90. The molecule has 0 bridgehead atoms. The van der Waals surface area contributed by atoms with Crippen LogP contribution in [0.3, 0.4) is 0 Å². The number of ether oxygens (including phenoxy) is 1. The van der Waals surface area contributed by atoms with Crippen molar-refractivity contribution in [3.05, 3.63) is 65.1 Å². The fraction of sp³-hybridized carbons (Fsp3) is 0.0625. The zero-order valence-corrected chi connectivity index (χ0v) is 11.4. The van der Waals surface area contributed by atoms with E-state index in [1.165, 1.54) is 0 Å². The molecule has 0 aliphatic rings. The van der Waals surface area contributed by atoms with E-state index in [0.717, 1.165) is 16.2 Å². The molecule has 19 heavy (non-hydrogen) atoms. The normalized spacial score (nSPS) is 10.3. The van der Waals surface area contributed by atoms with Crippen molar-refractivity contribution in [2.24, 2.45) is 0 Å². The molecule has 0 saturated heterocycles. The molecule has 0 amide bonds. The fourth-order valence-corrected chi connectivity index (χ4v) is 2.23. The van der Waals surface area contributed by atoms with Gasteiger partial charge >= 0.3 is 0 Å². The summed E-state index contributed by atoms with van der Waals surface area (Å²) in [6.07, 6.45) is 2.00. The SMILES string of the molecule is COc1ccc(S/C=C/c2cccc(C#N)c2)cc1. The van der Waals surface area contributed by atoms with Crippen LogP contribution in [0.4, 0.5) is 0 Å². The molecule has 0 spiro atoms. The Kier molecular flexibility index (Phi) is 4.66. The van der Waals surface area contributed by atoms with Gasteiger partial charge in [-0.1, -0.05) is 23.9 Å².